The first-order valence-electron chi connectivity index (χ1n) is 8.00. The lowest BCUT2D eigenvalue weighted by atomic mass is 9.88. The second-order valence-electron chi connectivity index (χ2n) is 5.40. The molecule has 130 valence electrons. The third-order valence-corrected chi connectivity index (χ3v) is 3.80. The van der Waals surface area contributed by atoms with Crippen LogP contribution >= 0.6 is 0 Å². The van der Waals surface area contributed by atoms with Crippen molar-refractivity contribution in [2.75, 3.05) is 13.7 Å². The van der Waals surface area contributed by atoms with Gasteiger partial charge in [-0.3, -0.25) is 9.59 Å². The van der Waals surface area contributed by atoms with Gasteiger partial charge < -0.3 is 9.47 Å². The van der Waals surface area contributed by atoms with Gasteiger partial charge in [-0.2, -0.15) is 0 Å². The fraction of sp³-hybridized carbons (Fsp3) is 0.250. The molecular formula is C20H20O5. The number of Topliss-reactive ketones (excluding diaryl/α,β-unsaturated/α-hetero) is 2. The van der Waals surface area contributed by atoms with Crippen LogP contribution in [0.4, 0.5) is 0 Å². The maximum absolute atomic E-state index is 12.5. The van der Waals surface area contributed by atoms with Crippen LogP contribution < -0.4 is 4.74 Å². The van der Waals surface area contributed by atoms with Crippen molar-refractivity contribution in [1.82, 2.24) is 0 Å². The van der Waals surface area contributed by atoms with Gasteiger partial charge in [0.15, 0.2) is 5.78 Å². The number of methoxy groups -OCH3 is 1. The zero-order valence-electron chi connectivity index (χ0n) is 14.2. The number of ketones is 2. The SMILES string of the molecule is CCOC(=O)C(=O)[C@H](CC(=O)c1ccccc1)c1ccc(OC)cc1. The Kier molecular flexibility index (Phi) is 6.46. The third-order valence-electron chi connectivity index (χ3n) is 3.80. The van der Waals surface area contributed by atoms with Crippen LogP contribution in [0.15, 0.2) is 54.6 Å². The highest BCUT2D eigenvalue weighted by molar-refractivity contribution is 6.36. The Balaban J connectivity index is 2.29. The third kappa shape index (κ3) is 4.76. The van der Waals surface area contributed by atoms with Crippen LogP contribution in [0, 0.1) is 0 Å². The Bertz CT molecular complexity index is 734. The van der Waals surface area contributed by atoms with E-state index in [0.717, 1.165) is 0 Å². The average Bonchev–Trinajstić information content (AvgIpc) is 2.66. The molecule has 0 unspecified atom stereocenters. The standard InChI is InChI=1S/C20H20O5/c1-3-25-20(23)19(22)17(14-9-11-16(24-2)12-10-14)13-18(21)15-7-5-4-6-8-15/h4-12,17H,3,13H2,1-2H3/t17-/m1/s1. The summed E-state index contributed by atoms with van der Waals surface area (Å²) >= 11 is 0. The second-order valence-corrected chi connectivity index (χ2v) is 5.40. The molecule has 0 radical (unpaired) electrons. The molecule has 2 aromatic carbocycles. The topological polar surface area (TPSA) is 69.7 Å². The van der Waals surface area contributed by atoms with E-state index in [0.29, 0.717) is 16.9 Å². The van der Waals surface area contributed by atoms with E-state index in [4.69, 9.17) is 9.47 Å². The Morgan fingerprint density at radius 3 is 2.16 bits per heavy atom. The molecular weight excluding hydrogens is 320 g/mol. The van der Waals surface area contributed by atoms with Crippen LogP contribution in [-0.4, -0.2) is 31.3 Å². The number of hydrogen-bond donors (Lipinski definition) is 0. The number of carbonyl (C=O) groups excluding carboxylic acids is 3. The van der Waals surface area contributed by atoms with E-state index in [1.807, 2.05) is 6.07 Å². The van der Waals surface area contributed by atoms with Crippen molar-refractivity contribution >= 4 is 17.5 Å². The van der Waals surface area contributed by atoms with Gasteiger partial charge in [-0.15, -0.1) is 0 Å². The Morgan fingerprint density at radius 1 is 0.960 bits per heavy atom. The van der Waals surface area contributed by atoms with Crippen molar-refractivity contribution in [3.63, 3.8) is 0 Å². The summed E-state index contributed by atoms with van der Waals surface area (Å²) in [5, 5.41) is 0. The number of hydrogen-bond acceptors (Lipinski definition) is 5. The molecule has 0 aromatic heterocycles. The maximum atomic E-state index is 12.5. The quantitative estimate of drug-likeness (QED) is 0.419. The van der Waals surface area contributed by atoms with Crippen molar-refractivity contribution in [2.24, 2.45) is 0 Å². The molecule has 0 spiro atoms. The van der Waals surface area contributed by atoms with Gasteiger partial charge in [0.25, 0.3) is 0 Å². The molecule has 2 aromatic rings. The number of rotatable bonds is 8. The predicted octanol–water partition coefficient (Wildman–Crippen LogP) is 3.18. The number of benzene rings is 2. The molecule has 25 heavy (non-hydrogen) atoms. The summed E-state index contributed by atoms with van der Waals surface area (Å²) in [4.78, 5) is 36.9. The van der Waals surface area contributed by atoms with Gasteiger partial charge in [0.1, 0.15) is 5.75 Å². The molecule has 0 N–H and O–H groups in total. The summed E-state index contributed by atoms with van der Waals surface area (Å²) in [5.41, 5.74) is 1.07. The molecule has 5 heteroatoms. The van der Waals surface area contributed by atoms with Crippen LogP contribution in [0.25, 0.3) is 0 Å². The molecule has 0 heterocycles. The number of ether oxygens (including phenoxy) is 2. The lowest BCUT2D eigenvalue weighted by molar-refractivity contribution is -0.154. The highest BCUT2D eigenvalue weighted by atomic mass is 16.5. The Morgan fingerprint density at radius 2 is 1.60 bits per heavy atom. The van der Waals surface area contributed by atoms with Crippen molar-refractivity contribution in [3.8, 4) is 5.75 Å². The first-order valence-corrected chi connectivity index (χ1v) is 8.00. The largest absolute Gasteiger partial charge is 0.497 e. The molecule has 0 fully saturated rings. The van der Waals surface area contributed by atoms with E-state index in [1.54, 1.807) is 55.5 Å². The highest BCUT2D eigenvalue weighted by Crippen LogP contribution is 2.25. The summed E-state index contributed by atoms with van der Waals surface area (Å²) in [6.07, 6.45) is -0.103. The fourth-order valence-corrected chi connectivity index (χ4v) is 2.47. The molecule has 0 saturated heterocycles. The highest BCUT2D eigenvalue weighted by Gasteiger charge is 2.30. The van der Waals surface area contributed by atoms with E-state index in [1.165, 1.54) is 7.11 Å². The van der Waals surface area contributed by atoms with Crippen LogP contribution in [0.5, 0.6) is 5.75 Å². The maximum Gasteiger partial charge on any atom is 0.375 e. The molecule has 0 aliphatic carbocycles. The minimum atomic E-state index is -0.927. The monoisotopic (exact) mass is 340 g/mol. The minimum Gasteiger partial charge on any atom is -0.497 e. The van der Waals surface area contributed by atoms with Crippen LogP contribution in [-0.2, 0) is 14.3 Å². The van der Waals surface area contributed by atoms with Gasteiger partial charge in [-0.1, -0.05) is 42.5 Å². The van der Waals surface area contributed by atoms with Gasteiger partial charge in [0.2, 0.25) is 5.78 Å². The Hall–Kier alpha value is -2.95. The van der Waals surface area contributed by atoms with Crippen molar-refractivity contribution in [2.45, 2.75) is 19.3 Å². The minimum absolute atomic E-state index is 0.103. The molecule has 0 aliphatic rings. The van der Waals surface area contributed by atoms with E-state index in [-0.39, 0.29) is 18.8 Å². The lowest BCUT2D eigenvalue weighted by Gasteiger charge is -2.15. The summed E-state index contributed by atoms with van der Waals surface area (Å²) in [5.74, 6) is -2.13. The summed E-state index contributed by atoms with van der Waals surface area (Å²) < 4.78 is 9.92. The van der Waals surface area contributed by atoms with Gasteiger partial charge in [0, 0.05) is 12.0 Å². The van der Waals surface area contributed by atoms with Crippen molar-refractivity contribution < 1.29 is 23.9 Å². The second kappa shape index (κ2) is 8.78. The predicted molar refractivity (Wildman–Crippen MR) is 92.8 cm³/mol. The smallest absolute Gasteiger partial charge is 0.375 e. The van der Waals surface area contributed by atoms with Gasteiger partial charge in [-0.25, -0.2) is 4.79 Å². The summed E-state index contributed by atoms with van der Waals surface area (Å²) in [6.45, 7) is 1.73. The lowest BCUT2D eigenvalue weighted by Crippen LogP contribution is -2.26. The molecule has 1 atom stereocenters. The molecule has 0 saturated carbocycles. The van der Waals surface area contributed by atoms with Crippen molar-refractivity contribution in [1.29, 1.82) is 0 Å². The molecule has 0 bridgehead atoms. The average molecular weight is 340 g/mol. The summed E-state index contributed by atoms with van der Waals surface area (Å²) in [6, 6.07) is 15.4. The van der Waals surface area contributed by atoms with Crippen LogP contribution in [0.3, 0.4) is 0 Å². The summed E-state index contributed by atoms with van der Waals surface area (Å²) in [7, 11) is 1.54. The van der Waals surface area contributed by atoms with Crippen molar-refractivity contribution in [3.05, 3.63) is 65.7 Å². The molecule has 5 nitrogen and oxygen atoms in total. The Labute approximate surface area is 146 Å². The van der Waals surface area contributed by atoms with E-state index >= 15 is 0 Å². The first-order chi connectivity index (χ1) is 12.1. The molecule has 0 aliphatic heterocycles. The number of esters is 1. The fourth-order valence-electron chi connectivity index (χ4n) is 2.47. The number of carbonyl (C=O) groups is 3. The van der Waals surface area contributed by atoms with E-state index < -0.39 is 17.7 Å². The van der Waals surface area contributed by atoms with Crippen LogP contribution in [0.1, 0.15) is 35.2 Å². The van der Waals surface area contributed by atoms with Crippen LogP contribution in [0.2, 0.25) is 0 Å². The zero-order valence-corrected chi connectivity index (χ0v) is 14.2. The van der Waals surface area contributed by atoms with Gasteiger partial charge >= 0.3 is 5.97 Å². The normalized spacial score (nSPS) is 11.4. The first kappa shape index (κ1) is 18.4. The van der Waals surface area contributed by atoms with Gasteiger partial charge in [0.05, 0.1) is 19.6 Å². The zero-order chi connectivity index (χ0) is 18.2. The molecule has 2 rings (SSSR count). The van der Waals surface area contributed by atoms with Gasteiger partial charge in [-0.05, 0) is 24.6 Å². The van der Waals surface area contributed by atoms with E-state index in [2.05, 4.69) is 0 Å². The molecule has 0 amide bonds. The van der Waals surface area contributed by atoms with E-state index in [9.17, 15) is 14.4 Å².